The second kappa shape index (κ2) is 10.9. The molecule has 0 atom stereocenters. The lowest BCUT2D eigenvalue weighted by Crippen LogP contribution is -2.50. The number of hydrogen-bond acceptors (Lipinski definition) is 9. The van der Waals surface area contributed by atoms with Crippen LogP contribution in [0.5, 0.6) is 0 Å². The molecule has 1 aliphatic heterocycles. The number of fused-ring (bicyclic) bond motifs is 1. The predicted octanol–water partition coefficient (Wildman–Crippen LogP) is 4.61. The fraction of sp³-hybridized carbons (Fsp3) is 0.517. The fourth-order valence-corrected chi connectivity index (χ4v) is 5.11. The van der Waals surface area contributed by atoms with Crippen LogP contribution in [0.4, 0.5) is 22.2 Å². The molecule has 1 saturated heterocycles. The van der Waals surface area contributed by atoms with E-state index in [9.17, 15) is 14.4 Å². The van der Waals surface area contributed by atoms with E-state index in [-0.39, 0.29) is 42.0 Å². The van der Waals surface area contributed by atoms with Gasteiger partial charge in [-0.15, -0.1) is 0 Å². The highest BCUT2D eigenvalue weighted by molar-refractivity contribution is 5.99. The Kier molecular flexibility index (Phi) is 6.18. The Morgan fingerprint density at radius 3 is 2.40 bits per heavy atom. The number of carbonyl (C=O) groups is 2. The normalized spacial score (nSPS) is 20.4. The highest BCUT2D eigenvalue weighted by Crippen LogP contribution is 2.32. The molecule has 11 nitrogen and oxygen atoms in total. The van der Waals surface area contributed by atoms with Crippen LogP contribution in [0.3, 0.4) is 0 Å². The number of anilines is 3. The quantitative estimate of drug-likeness (QED) is 0.453. The van der Waals surface area contributed by atoms with Crippen molar-refractivity contribution in [3.63, 3.8) is 0 Å². The van der Waals surface area contributed by atoms with E-state index in [4.69, 9.17) is 10.2 Å². The number of hydrogen-bond donors (Lipinski definition) is 1. The molecule has 4 heterocycles. The predicted molar refractivity (Wildman–Crippen MR) is 154 cm³/mol. The molecule has 1 amide bonds. The van der Waals surface area contributed by atoms with Gasteiger partial charge in [-0.1, -0.05) is 12.8 Å². The largest absolute Gasteiger partial charge is 0.444 e. The minimum absolute atomic E-state index is 0.0537. The topological polar surface area (TPSA) is 123 Å². The number of amides is 1. The van der Waals surface area contributed by atoms with Crippen molar-refractivity contribution >= 4 is 40.4 Å². The third kappa shape index (κ3) is 5.64. The SMILES string of the molecule is [2H]C1([2H])CN(c2ccc(Nc3ncc4c(C)c(C(C)=O)c(=O)n(C5CCCC5)c4n3)nc2)CC([2H])([2H])N1C(=O)OC(C)(C)C. The van der Waals surface area contributed by atoms with Crippen LogP contribution in [-0.4, -0.2) is 68.0 Å². The number of carbonyl (C=O) groups excluding carboxylic acids is 2. The van der Waals surface area contributed by atoms with Gasteiger partial charge < -0.3 is 19.9 Å². The maximum atomic E-state index is 13.5. The van der Waals surface area contributed by atoms with E-state index in [1.165, 1.54) is 18.0 Å². The summed E-state index contributed by atoms with van der Waals surface area (Å²) in [5.41, 5.74) is 0.360. The third-order valence-electron chi connectivity index (χ3n) is 7.02. The Balaban J connectivity index is 1.40. The van der Waals surface area contributed by atoms with E-state index in [1.807, 2.05) is 0 Å². The van der Waals surface area contributed by atoms with E-state index >= 15 is 0 Å². The Bertz CT molecular complexity index is 1650. The molecule has 0 radical (unpaired) electrons. The van der Waals surface area contributed by atoms with Crippen molar-refractivity contribution in [3.8, 4) is 0 Å². The minimum atomic E-state index is -2.37. The number of rotatable bonds is 5. The number of aryl methyl sites for hydroxylation is 1. The average Bonchev–Trinajstić information content (AvgIpc) is 3.41. The Labute approximate surface area is 239 Å². The van der Waals surface area contributed by atoms with E-state index in [0.29, 0.717) is 33.0 Å². The van der Waals surface area contributed by atoms with E-state index in [2.05, 4.69) is 20.3 Å². The number of nitrogens with one attached hydrogen (secondary N) is 1. The van der Waals surface area contributed by atoms with Gasteiger partial charge in [0.2, 0.25) is 5.95 Å². The molecule has 0 unspecified atom stereocenters. The molecule has 2 fully saturated rings. The van der Waals surface area contributed by atoms with Gasteiger partial charge in [-0.05, 0) is 65.2 Å². The molecule has 40 heavy (non-hydrogen) atoms. The van der Waals surface area contributed by atoms with Crippen LogP contribution in [0, 0.1) is 6.92 Å². The summed E-state index contributed by atoms with van der Waals surface area (Å²) in [7, 11) is 0. The van der Waals surface area contributed by atoms with E-state index < -0.39 is 24.7 Å². The highest BCUT2D eigenvalue weighted by Gasteiger charge is 2.27. The second-order valence-electron chi connectivity index (χ2n) is 11.1. The maximum Gasteiger partial charge on any atom is 0.410 e. The third-order valence-corrected chi connectivity index (χ3v) is 7.02. The summed E-state index contributed by atoms with van der Waals surface area (Å²) in [5, 5.41) is 3.67. The van der Waals surface area contributed by atoms with Crippen LogP contribution in [0.2, 0.25) is 0 Å². The van der Waals surface area contributed by atoms with Crippen LogP contribution >= 0.6 is 0 Å². The van der Waals surface area contributed by atoms with Crippen molar-refractivity contribution in [2.45, 2.75) is 71.9 Å². The van der Waals surface area contributed by atoms with Crippen LogP contribution in [0.25, 0.3) is 11.0 Å². The van der Waals surface area contributed by atoms with Gasteiger partial charge in [0, 0.05) is 43.7 Å². The molecule has 0 aromatic carbocycles. The van der Waals surface area contributed by atoms with Gasteiger partial charge in [-0.2, -0.15) is 4.98 Å². The van der Waals surface area contributed by atoms with Crippen molar-refractivity contribution in [1.82, 2.24) is 24.4 Å². The lowest BCUT2D eigenvalue weighted by molar-refractivity contribution is 0.0240. The van der Waals surface area contributed by atoms with Gasteiger partial charge in [-0.3, -0.25) is 14.2 Å². The standard InChI is InChI=1S/C29H37N7O4/c1-18-22-17-31-27(33-25(22)36(20-8-6-7-9-20)26(38)24(18)19(2)37)32-23-11-10-21(16-30-23)34-12-14-35(15-13-34)28(39)40-29(3,4)5/h10-11,16-17,20H,6-9,12-15H2,1-5H3,(H,30,31,32,33)/i14D2,15D2. The number of Topliss-reactive ketones (excluding diaryl/α,β-unsaturated/α-hetero) is 1. The van der Waals surface area contributed by atoms with Crippen molar-refractivity contribution in [2.24, 2.45) is 0 Å². The van der Waals surface area contributed by atoms with Gasteiger partial charge in [0.1, 0.15) is 17.1 Å². The van der Waals surface area contributed by atoms with Gasteiger partial charge in [-0.25, -0.2) is 14.8 Å². The zero-order chi connectivity index (χ0) is 32.2. The van der Waals surface area contributed by atoms with Crippen molar-refractivity contribution < 1.29 is 19.8 Å². The molecule has 1 aliphatic carbocycles. The Morgan fingerprint density at radius 1 is 1.10 bits per heavy atom. The van der Waals surface area contributed by atoms with Gasteiger partial charge in [0.25, 0.3) is 5.56 Å². The molecule has 1 saturated carbocycles. The summed E-state index contributed by atoms with van der Waals surface area (Å²) in [6.07, 6.45) is 5.64. The Morgan fingerprint density at radius 2 is 1.80 bits per heavy atom. The van der Waals surface area contributed by atoms with Crippen LogP contribution < -0.4 is 15.8 Å². The van der Waals surface area contributed by atoms with Crippen LogP contribution in [-0.2, 0) is 4.74 Å². The Hall–Kier alpha value is -4.02. The summed E-state index contributed by atoms with van der Waals surface area (Å²) < 4.78 is 40.8. The molecule has 2 aliphatic rings. The summed E-state index contributed by atoms with van der Waals surface area (Å²) in [5.74, 6) is 0.288. The van der Waals surface area contributed by atoms with Gasteiger partial charge in [0.15, 0.2) is 5.78 Å². The fourth-order valence-electron chi connectivity index (χ4n) is 5.11. The van der Waals surface area contributed by atoms with Crippen molar-refractivity contribution in [3.05, 3.63) is 46.0 Å². The second-order valence-corrected chi connectivity index (χ2v) is 11.1. The zero-order valence-corrected chi connectivity index (χ0v) is 23.4. The van der Waals surface area contributed by atoms with Gasteiger partial charge >= 0.3 is 6.09 Å². The summed E-state index contributed by atoms with van der Waals surface area (Å²) in [4.78, 5) is 54.0. The molecule has 0 bridgehead atoms. The minimum Gasteiger partial charge on any atom is -0.444 e. The number of pyridine rings is 2. The number of ketones is 1. The number of piperazine rings is 1. The molecule has 1 N–H and O–H groups in total. The maximum absolute atomic E-state index is 13.5. The van der Waals surface area contributed by atoms with Crippen molar-refractivity contribution in [2.75, 3.05) is 36.3 Å². The summed E-state index contributed by atoms with van der Waals surface area (Å²) in [6.45, 7) is 2.70. The number of aromatic nitrogens is 4. The molecular formula is C29H37N7O4. The first-order chi connectivity index (χ1) is 20.5. The smallest absolute Gasteiger partial charge is 0.410 e. The van der Waals surface area contributed by atoms with E-state index in [1.54, 1.807) is 50.6 Å². The molecule has 212 valence electrons. The van der Waals surface area contributed by atoms with E-state index in [0.717, 1.165) is 25.7 Å². The zero-order valence-electron chi connectivity index (χ0n) is 27.4. The lowest BCUT2D eigenvalue weighted by atomic mass is 10.0. The molecule has 0 spiro atoms. The van der Waals surface area contributed by atoms with Crippen LogP contribution in [0.1, 0.15) is 80.8 Å². The van der Waals surface area contributed by atoms with Crippen molar-refractivity contribution in [1.29, 1.82) is 0 Å². The molecule has 3 aromatic rings. The first kappa shape index (κ1) is 22.8. The number of ether oxygens (including phenoxy) is 1. The highest BCUT2D eigenvalue weighted by atomic mass is 16.6. The summed E-state index contributed by atoms with van der Waals surface area (Å²) in [6, 6.07) is 3.23. The lowest BCUT2D eigenvalue weighted by Gasteiger charge is -2.36. The molecule has 3 aromatic heterocycles. The molecule has 11 heteroatoms. The first-order valence-corrected chi connectivity index (χ1v) is 13.4. The van der Waals surface area contributed by atoms with Gasteiger partial charge in [0.05, 0.1) is 22.9 Å². The number of nitrogens with zero attached hydrogens (tertiary/aromatic N) is 6. The van der Waals surface area contributed by atoms with Crippen LogP contribution in [0.15, 0.2) is 29.3 Å². The first-order valence-electron chi connectivity index (χ1n) is 15.4. The summed E-state index contributed by atoms with van der Waals surface area (Å²) >= 11 is 0. The monoisotopic (exact) mass is 551 g/mol. The molecular weight excluding hydrogens is 510 g/mol. The molecule has 5 rings (SSSR count). The average molecular weight is 552 g/mol.